The molecule has 5 nitrogen and oxygen atoms in total. The van der Waals surface area contributed by atoms with Gasteiger partial charge in [0.05, 0.1) is 19.3 Å². The Morgan fingerprint density at radius 1 is 0.889 bits per heavy atom. The van der Waals surface area contributed by atoms with E-state index in [2.05, 4.69) is 0 Å². The van der Waals surface area contributed by atoms with Gasteiger partial charge in [-0.05, 0) is 36.8 Å². The number of benzene rings is 2. The van der Waals surface area contributed by atoms with E-state index in [-0.39, 0.29) is 5.43 Å². The maximum Gasteiger partial charge on any atom is 0.223 e. The molecule has 0 fully saturated rings. The van der Waals surface area contributed by atoms with Crippen LogP contribution in [0, 0.1) is 6.92 Å². The van der Waals surface area contributed by atoms with E-state index in [0.29, 0.717) is 25.5 Å². The van der Waals surface area contributed by atoms with Crippen LogP contribution in [0.3, 0.4) is 0 Å². The van der Waals surface area contributed by atoms with E-state index >= 15 is 0 Å². The maximum atomic E-state index is 12.2. The minimum Gasteiger partial charge on any atom is -0.497 e. The highest BCUT2D eigenvalue weighted by Crippen LogP contribution is 2.18. The highest BCUT2D eigenvalue weighted by molar-refractivity contribution is 5.31. The third-order valence-electron chi connectivity index (χ3n) is 4.28. The summed E-state index contributed by atoms with van der Waals surface area (Å²) in [5, 5.41) is 0. The first-order valence-corrected chi connectivity index (χ1v) is 8.81. The molecule has 1 heterocycles. The quantitative estimate of drug-likeness (QED) is 0.609. The van der Waals surface area contributed by atoms with Gasteiger partial charge in [-0.2, -0.15) is 0 Å². The lowest BCUT2D eigenvalue weighted by atomic mass is 10.2. The van der Waals surface area contributed by atoms with Gasteiger partial charge >= 0.3 is 0 Å². The Balaban J connectivity index is 1.62. The molecule has 0 unspecified atom stereocenters. The summed E-state index contributed by atoms with van der Waals surface area (Å²) >= 11 is 0. The van der Waals surface area contributed by atoms with Gasteiger partial charge in [-0.15, -0.1) is 0 Å². The molecule has 0 N–H and O–H groups in total. The van der Waals surface area contributed by atoms with Crippen molar-refractivity contribution in [2.75, 3.05) is 13.7 Å². The average Bonchev–Trinajstić information content (AvgIpc) is 2.71. The molecule has 0 aliphatic carbocycles. The summed E-state index contributed by atoms with van der Waals surface area (Å²) in [6.07, 6.45) is 1.77. The predicted octanol–water partition coefficient (Wildman–Crippen LogP) is 3.82. The zero-order chi connectivity index (χ0) is 19.1. The summed E-state index contributed by atoms with van der Waals surface area (Å²) in [5.74, 6) is 1.94. The van der Waals surface area contributed by atoms with Gasteiger partial charge in [0.1, 0.15) is 24.7 Å². The van der Waals surface area contributed by atoms with Crippen LogP contribution >= 0.6 is 0 Å². The molecule has 0 saturated heterocycles. The minimum absolute atomic E-state index is 0.115. The number of pyridine rings is 1. The Morgan fingerprint density at radius 2 is 1.59 bits per heavy atom. The Morgan fingerprint density at radius 3 is 2.30 bits per heavy atom. The topological polar surface area (TPSA) is 49.7 Å². The second-order valence-electron chi connectivity index (χ2n) is 6.09. The Hall–Kier alpha value is -3.21. The summed E-state index contributed by atoms with van der Waals surface area (Å²) in [7, 11) is 1.63. The lowest BCUT2D eigenvalue weighted by Gasteiger charge is -2.15. The van der Waals surface area contributed by atoms with Crippen molar-refractivity contribution in [3.05, 3.63) is 88.3 Å². The van der Waals surface area contributed by atoms with E-state index in [1.807, 2.05) is 66.1 Å². The maximum absolute atomic E-state index is 12.2. The number of methoxy groups -OCH3 is 1. The third kappa shape index (κ3) is 4.91. The number of hydrogen-bond donors (Lipinski definition) is 0. The molecule has 0 saturated carbocycles. The molecule has 2 aromatic carbocycles. The van der Waals surface area contributed by atoms with Crippen molar-refractivity contribution in [3.63, 3.8) is 0 Å². The molecule has 3 rings (SSSR count). The summed E-state index contributed by atoms with van der Waals surface area (Å²) in [6.45, 7) is 3.34. The van der Waals surface area contributed by atoms with Gasteiger partial charge in [0.25, 0.3) is 0 Å². The van der Waals surface area contributed by atoms with Crippen LogP contribution in [0.2, 0.25) is 0 Å². The fourth-order valence-corrected chi connectivity index (χ4v) is 2.74. The van der Waals surface area contributed by atoms with Gasteiger partial charge in [-0.1, -0.05) is 30.3 Å². The molecule has 0 aliphatic rings. The first-order chi connectivity index (χ1) is 13.2. The van der Waals surface area contributed by atoms with Crippen LogP contribution in [0.4, 0.5) is 0 Å². The first kappa shape index (κ1) is 18.6. The first-order valence-electron chi connectivity index (χ1n) is 8.81. The van der Waals surface area contributed by atoms with Crippen molar-refractivity contribution in [3.8, 4) is 17.2 Å². The lowest BCUT2D eigenvalue weighted by Crippen LogP contribution is -2.17. The van der Waals surface area contributed by atoms with Crippen molar-refractivity contribution in [2.45, 2.75) is 20.1 Å². The number of rotatable bonds is 8. The van der Waals surface area contributed by atoms with E-state index in [1.165, 1.54) is 6.07 Å². The molecule has 5 heteroatoms. The fraction of sp³-hybridized carbons (Fsp3) is 0.227. The van der Waals surface area contributed by atoms with Crippen LogP contribution in [0.25, 0.3) is 0 Å². The fourth-order valence-electron chi connectivity index (χ4n) is 2.74. The monoisotopic (exact) mass is 365 g/mol. The van der Waals surface area contributed by atoms with Gasteiger partial charge in [0.2, 0.25) is 5.43 Å². The van der Waals surface area contributed by atoms with Crippen LogP contribution in [0.15, 0.2) is 71.7 Å². The Kier molecular flexibility index (Phi) is 6.15. The molecule has 0 amide bonds. The molecule has 140 valence electrons. The number of ether oxygens (including phenoxy) is 3. The number of hydrogen-bond acceptors (Lipinski definition) is 4. The highest BCUT2D eigenvalue weighted by atomic mass is 16.5. The molecule has 0 spiro atoms. The zero-order valence-electron chi connectivity index (χ0n) is 15.6. The molecular formula is C22H23NO4. The smallest absolute Gasteiger partial charge is 0.223 e. The molecular weight excluding hydrogens is 342 g/mol. The molecule has 0 aliphatic heterocycles. The van der Waals surface area contributed by atoms with Crippen molar-refractivity contribution in [1.29, 1.82) is 0 Å². The highest BCUT2D eigenvalue weighted by Gasteiger charge is 2.09. The van der Waals surface area contributed by atoms with Crippen LogP contribution < -0.4 is 19.6 Å². The summed E-state index contributed by atoms with van der Waals surface area (Å²) in [4.78, 5) is 12.2. The number of nitrogens with zero attached hydrogens (tertiary/aromatic N) is 1. The lowest BCUT2D eigenvalue weighted by molar-refractivity contribution is 0.283. The van der Waals surface area contributed by atoms with Crippen molar-refractivity contribution >= 4 is 0 Å². The molecule has 1 aromatic heterocycles. The molecule has 0 radical (unpaired) electrons. The van der Waals surface area contributed by atoms with Gasteiger partial charge < -0.3 is 18.8 Å². The standard InChI is InChI=1S/C22H23NO4/c1-17-22(27-16-18-6-4-3-5-7-18)21(24)12-13-23(17)14-15-26-20-10-8-19(25-2)9-11-20/h3-13H,14-16H2,1-2H3. The summed E-state index contributed by atoms with van der Waals surface area (Å²) in [5.41, 5.74) is 1.70. The Bertz CT molecular complexity index is 917. The largest absolute Gasteiger partial charge is 0.497 e. The molecule has 0 bridgehead atoms. The van der Waals surface area contributed by atoms with Crippen LogP contribution in [0.5, 0.6) is 17.2 Å². The van der Waals surface area contributed by atoms with Crippen LogP contribution in [-0.2, 0) is 13.2 Å². The van der Waals surface area contributed by atoms with Gasteiger partial charge in [0.15, 0.2) is 5.75 Å². The molecule has 3 aromatic rings. The SMILES string of the molecule is COc1ccc(OCCn2ccc(=O)c(OCc3ccccc3)c2C)cc1. The van der Waals surface area contributed by atoms with Crippen molar-refractivity contribution in [2.24, 2.45) is 0 Å². The summed E-state index contributed by atoms with van der Waals surface area (Å²) in [6, 6.07) is 18.8. The van der Waals surface area contributed by atoms with Crippen molar-refractivity contribution < 1.29 is 14.2 Å². The van der Waals surface area contributed by atoms with Crippen molar-refractivity contribution in [1.82, 2.24) is 4.57 Å². The number of aromatic nitrogens is 1. The van der Waals surface area contributed by atoms with Gasteiger partial charge in [0, 0.05) is 12.3 Å². The zero-order valence-corrected chi connectivity index (χ0v) is 15.6. The van der Waals surface area contributed by atoms with E-state index < -0.39 is 0 Å². The normalized spacial score (nSPS) is 10.4. The van der Waals surface area contributed by atoms with E-state index in [1.54, 1.807) is 13.3 Å². The predicted molar refractivity (Wildman–Crippen MR) is 105 cm³/mol. The summed E-state index contributed by atoms with van der Waals surface area (Å²) < 4.78 is 18.7. The van der Waals surface area contributed by atoms with Gasteiger partial charge in [-0.3, -0.25) is 4.79 Å². The molecule has 27 heavy (non-hydrogen) atoms. The minimum atomic E-state index is -0.115. The Labute approximate surface area is 158 Å². The van der Waals surface area contributed by atoms with Crippen LogP contribution in [0.1, 0.15) is 11.3 Å². The van der Waals surface area contributed by atoms with E-state index in [4.69, 9.17) is 14.2 Å². The average molecular weight is 365 g/mol. The second kappa shape index (κ2) is 8.94. The second-order valence-corrected chi connectivity index (χ2v) is 6.09. The van der Waals surface area contributed by atoms with E-state index in [9.17, 15) is 4.79 Å². The molecule has 0 atom stereocenters. The third-order valence-corrected chi connectivity index (χ3v) is 4.28. The van der Waals surface area contributed by atoms with E-state index in [0.717, 1.165) is 22.8 Å². The van der Waals surface area contributed by atoms with Crippen LogP contribution in [-0.4, -0.2) is 18.3 Å². The van der Waals surface area contributed by atoms with Gasteiger partial charge in [-0.25, -0.2) is 0 Å².